The van der Waals surface area contributed by atoms with Gasteiger partial charge in [0.05, 0.1) is 6.26 Å². The van der Waals surface area contributed by atoms with Crippen LogP contribution < -0.4 is 0 Å². The highest BCUT2D eigenvalue weighted by atomic mass is 16.5. The Kier molecular flexibility index (Phi) is 1.77. The molecule has 1 heteroatoms. The molecule has 0 aromatic carbocycles. The minimum absolute atomic E-state index is 0.0795. The summed E-state index contributed by atoms with van der Waals surface area (Å²) in [7, 11) is 0. The van der Waals surface area contributed by atoms with Crippen molar-refractivity contribution in [3.63, 3.8) is 0 Å². The highest BCUT2D eigenvalue weighted by molar-refractivity contribution is 5.43. The van der Waals surface area contributed by atoms with Gasteiger partial charge in [-0.2, -0.15) is 0 Å². The van der Waals surface area contributed by atoms with Gasteiger partial charge in [-0.15, -0.1) is 0 Å². The summed E-state index contributed by atoms with van der Waals surface area (Å²) in [6.07, 6.45) is 11.2. The first-order valence-electron chi connectivity index (χ1n) is 5.89. The summed E-state index contributed by atoms with van der Waals surface area (Å²) in [4.78, 5) is 0. The van der Waals surface area contributed by atoms with Crippen LogP contribution in [0.15, 0.2) is 23.0 Å². The van der Waals surface area contributed by atoms with E-state index in [0.717, 1.165) is 0 Å². The lowest BCUT2D eigenvalue weighted by molar-refractivity contribution is 0.0725. The molecule has 0 aromatic rings. The average Bonchev–Trinajstić information content (AvgIpc) is 2.60. The van der Waals surface area contributed by atoms with Gasteiger partial charge in [0, 0.05) is 0 Å². The topological polar surface area (TPSA) is 9.23 Å². The zero-order valence-corrected chi connectivity index (χ0v) is 8.94. The van der Waals surface area contributed by atoms with E-state index in [0.29, 0.717) is 0 Å². The first-order chi connectivity index (χ1) is 6.80. The molecular weight excluding hydrogens is 172 g/mol. The quantitative estimate of drug-likeness (QED) is 0.565. The Bertz CT molecular complexity index is 324. The van der Waals surface area contributed by atoms with Crippen LogP contribution in [-0.4, -0.2) is 5.60 Å². The molecular formula is C13H18O. The minimum Gasteiger partial charge on any atom is -0.491 e. The number of rotatable bonds is 0. The fourth-order valence-electron chi connectivity index (χ4n) is 3.22. The van der Waals surface area contributed by atoms with Crippen molar-refractivity contribution in [2.24, 2.45) is 0 Å². The van der Waals surface area contributed by atoms with Gasteiger partial charge < -0.3 is 4.74 Å². The average molecular weight is 190 g/mol. The Morgan fingerprint density at radius 1 is 1.14 bits per heavy atom. The lowest BCUT2D eigenvalue weighted by atomic mass is 9.81. The van der Waals surface area contributed by atoms with Gasteiger partial charge in [0.2, 0.25) is 0 Å². The van der Waals surface area contributed by atoms with Crippen LogP contribution in [-0.2, 0) is 4.74 Å². The summed E-state index contributed by atoms with van der Waals surface area (Å²) in [5, 5.41) is 0. The van der Waals surface area contributed by atoms with Crippen LogP contribution in [0.4, 0.5) is 0 Å². The molecule has 0 radical (unpaired) electrons. The lowest BCUT2D eigenvalue weighted by Gasteiger charge is -2.35. The third-order valence-electron chi connectivity index (χ3n) is 4.06. The van der Waals surface area contributed by atoms with E-state index in [1.165, 1.54) is 50.5 Å². The molecule has 0 N–H and O–H groups in total. The van der Waals surface area contributed by atoms with Crippen molar-refractivity contribution in [1.82, 2.24) is 0 Å². The van der Waals surface area contributed by atoms with Crippen LogP contribution in [0.5, 0.6) is 0 Å². The number of allylic oxidation sites excluding steroid dienone is 2. The smallest absolute Gasteiger partial charge is 0.127 e. The number of ether oxygens (including phenoxy) is 1. The lowest BCUT2D eigenvalue weighted by Crippen LogP contribution is -2.29. The predicted octanol–water partition coefficient (Wildman–Crippen LogP) is 3.71. The van der Waals surface area contributed by atoms with Crippen molar-refractivity contribution in [3.8, 4) is 0 Å². The molecule has 2 aliphatic carbocycles. The molecule has 2 saturated carbocycles. The molecule has 3 aliphatic rings. The van der Waals surface area contributed by atoms with Gasteiger partial charge >= 0.3 is 0 Å². The van der Waals surface area contributed by atoms with Crippen molar-refractivity contribution in [3.05, 3.63) is 23.0 Å². The van der Waals surface area contributed by atoms with E-state index in [1.807, 2.05) is 0 Å². The SMILES string of the molecule is C[C@]12CCCC1=C1CCCCC1=CO2. The van der Waals surface area contributed by atoms with E-state index in [-0.39, 0.29) is 5.60 Å². The third kappa shape index (κ3) is 1.08. The molecule has 0 bridgehead atoms. The van der Waals surface area contributed by atoms with Gasteiger partial charge in [-0.05, 0) is 68.6 Å². The summed E-state index contributed by atoms with van der Waals surface area (Å²) in [6.45, 7) is 2.27. The molecule has 0 spiro atoms. The zero-order chi connectivity index (χ0) is 9.60. The molecule has 0 unspecified atom stereocenters. The second-order valence-corrected chi connectivity index (χ2v) is 5.01. The van der Waals surface area contributed by atoms with Crippen LogP contribution >= 0.6 is 0 Å². The highest BCUT2D eigenvalue weighted by Gasteiger charge is 2.40. The fourth-order valence-corrected chi connectivity index (χ4v) is 3.22. The van der Waals surface area contributed by atoms with Crippen molar-refractivity contribution >= 4 is 0 Å². The second kappa shape index (κ2) is 2.88. The number of fused-ring (bicyclic) bond motifs is 2. The Morgan fingerprint density at radius 3 is 2.93 bits per heavy atom. The summed E-state index contributed by atoms with van der Waals surface area (Å²) >= 11 is 0. The molecule has 3 rings (SSSR count). The molecule has 1 atom stereocenters. The maximum Gasteiger partial charge on any atom is 0.127 e. The first-order valence-corrected chi connectivity index (χ1v) is 5.89. The molecule has 1 heterocycles. The first kappa shape index (κ1) is 8.58. The molecule has 0 aromatic heterocycles. The monoisotopic (exact) mass is 190 g/mol. The molecule has 1 nitrogen and oxygen atoms in total. The minimum atomic E-state index is 0.0795. The van der Waals surface area contributed by atoms with E-state index in [1.54, 1.807) is 11.1 Å². The maximum atomic E-state index is 5.94. The van der Waals surface area contributed by atoms with Crippen LogP contribution in [0.3, 0.4) is 0 Å². The number of hydrogen-bond acceptors (Lipinski definition) is 1. The van der Waals surface area contributed by atoms with Gasteiger partial charge in [0.25, 0.3) is 0 Å². The van der Waals surface area contributed by atoms with Crippen LogP contribution in [0.25, 0.3) is 0 Å². The summed E-state index contributed by atoms with van der Waals surface area (Å²) in [5.41, 5.74) is 4.89. The van der Waals surface area contributed by atoms with E-state index >= 15 is 0 Å². The zero-order valence-electron chi connectivity index (χ0n) is 8.94. The Morgan fingerprint density at radius 2 is 2.00 bits per heavy atom. The Hall–Kier alpha value is -0.720. The molecule has 76 valence electrons. The van der Waals surface area contributed by atoms with E-state index in [2.05, 4.69) is 13.2 Å². The van der Waals surface area contributed by atoms with Crippen LogP contribution in [0.2, 0.25) is 0 Å². The van der Waals surface area contributed by atoms with E-state index in [4.69, 9.17) is 4.74 Å². The van der Waals surface area contributed by atoms with Gasteiger partial charge in [-0.3, -0.25) is 0 Å². The molecule has 1 aliphatic heterocycles. The Balaban J connectivity index is 2.05. The molecule has 0 amide bonds. The maximum absolute atomic E-state index is 5.94. The van der Waals surface area contributed by atoms with E-state index in [9.17, 15) is 0 Å². The molecule has 14 heavy (non-hydrogen) atoms. The van der Waals surface area contributed by atoms with Crippen molar-refractivity contribution in [2.75, 3.05) is 0 Å². The van der Waals surface area contributed by atoms with Gasteiger partial charge in [-0.1, -0.05) is 0 Å². The number of hydrogen-bond donors (Lipinski definition) is 0. The molecule has 0 saturated heterocycles. The fraction of sp³-hybridized carbons (Fsp3) is 0.692. The van der Waals surface area contributed by atoms with Gasteiger partial charge in [0.1, 0.15) is 5.60 Å². The second-order valence-electron chi connectivity index (χ2n) is 5.01. The van der Waals surface area contributed by atoms with Gasteiger partial charge in [-0.25, -0.2) is 0 Å². The van der Waals surface area contributed by atoms with Crippen LogP contribution in [0.1, 0.15) is 51.9 Å². The predicted molar refractivity (Wildman–Crippen MR) is 56.9 cm³/mol. The van der Waals surface area contributed by atoms with Gasteiger partial charge in [0.15, 0.2) is 0 Å². The summed E-state index contributed by atoms with van der Waals surface area (Å²) < 4.78 is 5.94. The summed E-state index contributed by atoms with van der Waals surface area (Å²) in [5.74, 6) is 0. The largest absolute Gasteiger partial charge is 0.491 e. The Labute approximate surface area is 85.8 Å². The highest BCUT2D eigenvalue weighted by Crippen LogP contribution is 2.47. The van der Waals surface area contributed by atoms with E-state index < -0.39 is 0 Å². The standard InChI is InChI=1S/C13H18O/c1-13-8-4-7-12(13)11-6-3-2-5-10(11)9-14-13/h9H,2-8H2,1H3/t13-/m0/s1. The van der Waals surface area contributed by atoms with Crippen molar-refractivity contribution in [2.45, 2.75) is 57.5 Å². The van der Waals surface area contributed by atoms with Crippen molar-refractivity contribution < 1.29 is 4.74 Å². The molecule has 2 fully saturated rings. The van der Waals surface area contributed by atoms with Crippen LogP contribution in [0, 0.1) is 0 Å². The third-order valence-corrected chi connectivity index (χ3v) is 4.06. The summed E-state index contributed by atoms with van der Waals surface area (Å²) in [6, 6.07) is 0. The van der Waals surface area contributed by atoms with Crippen molar-refractivity contribution in [1.29, 1.82) is 0 Å². The normalized spacial score (nSPS) is 35.9.